The third kappa shape index (κ3) is 1.69. The van der Waals surface area contributed by atoms with E-state index in [1.54, 1.807) is 6.92 Å². The molecular formula is C15H13NO2. The van der Waals surface area contributed by atoms with Crippen molar-refractivity contribution in [1.82, 2.24) is 4.98 Å². The summed E-state index contributed by atoms with van der Waals surface area (Å²) in [7, 11) is 0. The molecule has 3 aromatic rings. The molecular weight excluding hydrogens is 226 g/mol. The van der Waals surface area contributed by atoms with E-state index in [2.05, 4.69) is 4.98 Å². The Balaban J connectivity index is 2.13. The molecule has 1 aromatic heterocycles. The largest absolute Gasteiger partial charge is 0.437 e. The van der Waals surface area contributed by atoms with Gasteiger partial charge in [0.1, 0.15) is 5.52 Å². The molecule has 2 aromatic carbocycles. The smallest absolute Gasteiger partial charge is 0.231 e. The highest BCUT2D eigenvalue weighted by molar-refractivity contribution is 5.72. The van der Waals surface area contributed by atoms with Gasteiger partial charge in [0.15, 0.2) is 11.2 Å². The molecule has 3 heteroatoms. The molecule has 0 aliphatic rings. The third-order valence-electron chi connectivity index (χ3n) is 3.05. The van der Waals surface area contributed by atoms with Crippen LogP contribution in [0.5, 0.6) is 0 Å². The highest BCUT2D eigenvalue weighted by Crippen LogP contribution is 2.30. The van der Waals surface area contributed by atoms with Crippen LogP contribution in [0, 0.1) is 0 Å². The monoisotopic (exact) mass is 239 g/mol. The number of fused-ring (bicyclic) bond motifs is 1. The molecule has 3 rings (SSSR count). The third-order valence-corrected chi connectivity index (χ3v) is 3.05. The van der Waals surface area contributed by atoms with E-state index >= 15 is 0 Å². The Morgan fingerprint density at radius 1 is 1.00 bits per heavy atom. The van der Waals surface area contributed by atoms with E-state index in [1.807, 2.05) is 54.6 Å². The first kappa shape index (κ1) is 11.0. The molecule has 18 heavy (non-hydrogen) atoms. The first-order valence-electron chi connectivity index (χ1n) is 5.82. The Bertz CT molecular complexity index is 638. The predicted octanol–water partition coefficient (Wildman–Crippen LogP) is 3.08. The van der Waals surface area contributed by atoms with Crippen molar-refractivity contribution in [1.29, 1.82) is 0 Å². The van der Waals surface area contributed by atoms with Crippen LogP contribution >= 0.6 is 0 Å². The number of benzene rings is 2. The molecule has 90 valence electrons. The normalized spacial score (nSPS) is 14.6. The van der Waals surface area contributed by atoms with Gasteiger partial charge in [0, 0.05) is 0 Å². The molecule has 0 saturated heterocycles. The van der Waals surface area contributed by atoms with Crippen molar-refractivity contribution in [3.05, 3.63) is 66.1 Å². The Kier molecular flexibility index (Phi) is 2.42. The number of aliphatic hydroxyl groups is 1. The summed E-state index contributed by atoms with van der Waals surface area (Å²) in [5.74, 6) is 0.315. The van der Waals surface area contributed by atoms with Gasteiger partial charge in [-0.2, -0.15) is 0 Å². The maximum absolute atomic E-state index is 10.6. The van der Waals surface area contributed by atoms with Crippen LogP contribution in [-0.2, 0) is 5.60 Å². The predicted molar refractivity (Wildman–Crippen MR) is 69.1 cm³/mol. The van der Waals surface area contributed by atoms with Crippen LogP contribution in [0.4, 0.5) is 0 Å². The van der Waals surface area contributed by atoms with Gasteiger partial charge in [0.25, 0.3) is 0 Å². The van der Waals surface area contributed by atoms with Crippen LogP contribution in [0.25, 0.3) is 11.1 Å². The number of aromatic nitrogens is 1. The van der Waals surface area contributed by atoms with E-state index in [4.69, 9.17) is 4.42 Å². The molecule has 1 unspecified atom stereocenters. The second-order valence-corrected chi connectivity index (χ2v) is 4.42. The fourth-order valence-corrected chi connectivity index (χ4v) is 1.97. The van der Waals surface area contributed by atoms with E-state index in [1.165, 1.54) is 0 Å². The summed E-state index contributed by atoms with van der Waals surface area (Å²) in [5, 5.41) is 10.6. The second kappa shape index (κ2) is 3.96. The van der Waals surface area contributed by atoms with Gasteiger partial charge in [-0.3, -0.25) is 0 Å². The van der Waals surface area contributed by atoms with Crippen LogP contribution in [0.1, 0.15) is 18.4 Å². The van der Waals surface area contributed by atoms with Crippen molar-refractivity contribution in [2.75, 3.05) is 0 Å². The van der Waals surface area contributed by atoms with Gasteiger partial charge in [-0.05, 0) is 24.6 Å². The van der Waals surface area contributed by atoms with E-state index in [9.17, 15) is 5.11 Å². The van der Waals surface area contributed by atoms with Crippen molar-refractivity contribution in [2.24, 2.45) is 0 Å². The Hall–Kier alpha value is -2.13. The highest BCUT2D eigenvalue weighted by Gasteiger charge is 2.31. The van der Waals surface area contributed by atoms with Crippen LogP contribution in [-0.4, -0.2) is 10.1 Å². The topological polar surface area (TPSA) is 46.3 Å². The molecule has 1 N–H and O–H groups in total. The maximum atomic E-state index is 10.6. The fraction of sp³-hybridized carbons (Fsp3) is 0.133. The van der Waals surface area contributed by atoms with E-state index < -0.39 is 5.60 Å². The SMILES string of the molecule is CC(O)(c1ccccc1)c1nc2ccccc2o1. The van der Waals surface area contributed by atoms with E-state index in [0.29, 0.717) is 11.5 Å². The van der Waals surface area contributed by atoms with Gasteiger partial charge < -0.3 is 9.52 Å². The molecule has 3 nitrogen and oxygen atoms in total. The average molecular weight is 239 g/mol. The first-order valence-corrected chi connectivity index (χ1v) is 5.82. The molecule has 0 saturated carbocycles. The lowest BCUT2D eigenvalue weighted by Gasteiger charge is -2.19. The number of hydrogen-bond acceptors (Lipinski definition) is 3. The lowest BCUT2D eigenvalue weighted by molar-refractivity contribution is 0.0727. The standard InChI is InChI=1S/C15H13NO2/c1-15(17,11-7-3-2-4-8-11)14-16-12-9-5-6-10-13(12)18-14/h2-10,17H,1H3. The van der Waals surface area contributed by atoms with Crippen LogP contribution < -0.4 is 0 Å². The maximum Gasteiger partial charge on any atom is 0.231 e. The summed E-state index contributed by atoms with van der Waals surface area (Å²) in [4.78, 5) is 4.34. The molecule has 0 aliphatic heterocycles. The summed E-state index contributed by atoms with van der Waals surface area (Å²) in [5.41, 5.74) is 0.976. The van der Waals surface area contributed by atoms with Gasteiger partial charge in [-0.1, -0.05) is 42.5 Å². The molecule has 0 amide bonds. The molecule has 0 aliphatic carbocycles. The molecule has 1 atom stereocenters. The Morgan fingerprint density at radius 2 is 1.67 bits per heavy atom. The summed E-state index contributed by atoms with van der Waals surface area (Å²) in [6.45, 7) is 1.69. The minimum atomic E-state index is -1.22. The first-order chi connectivity index (χ1) is 8.68. The zero-order chi connectivity index (χ0) is 12.6. The van der Waals surface area contributed by atoms with Crippen molar-refractivity contribution in [3.8, 4) is 0 Å². The zero-order valence-electron chi connectivity index (χ0n) is 10.00. The Morgan fingerprint density at radius 3 is 2.39 bits per heavy atom. The minimum Gasteiger partial charge on any atom is -0.437 e. The number of nitrogens with zero attached hydrogens (tertiary/aromatic N) is 1. The van der Waals surface area contributed by atoms with Gasteiger partial charge in [-0.15, -0.1) is 0 Å². The molecule has 0 bridgehead atoms. The van der Waals surface area contributed by atoms with Crippen LogP contribution in [0.3, 0.4) is 0 Å². The average Bonchev–Trinajstić information content (AvgIpc) is 2.84. The molecule has 0 fully saturated rings. The van der Waals surface area contributed by atoms with E-state index in [0.717, 1.165) is 11.1 Å². The Labute approximate surface area is 105 Å². The summed E-state index contributed by atoms with van der Waals surface area (Å²) >= 11 is 0. The number of rotatable bonds is 2. The van der Waals surface area contributed by atoms with Crippen LogP contribution in [0.15, 0.2) is 59.0 Å². The number of para-hydroxylation sites is 2. The molecule has 1 heterocycles. The van der Waals surface area contributed by atoms with Crippen LogP contribution in [0.2, 0.25) is 0 Å². The molecule has 0 spiro atoms. The fourth-order valence-electron chi connectivity index (χ4n) is 1.97. The van der Waals surface area contributed by atoms with Crippen molar-refractivity contribution >= 4 is 11.1 Å². The summed E-state index contributed by atoms with van der Waals surface area (Å²) in [6, 6.07) is 16.9. The van der Waals surface area contributed by atoms with Gasteiger partial charge >= 0.3 is 0 Å². The molecule has 0 radical (unpaired) electrons. The van der Waals surface area contributed by atoms with Gasteiger partial charge in [0.2, 0.25) is 5.89 Å². The van der Waals surface area contributed by atoms with Crippen molar-refractivity contribution in [2.45, 2.75) is 12.5 Å². The van der Waals surface area contributed by atoms with Crippen molar-refractivity contribution in [3.63, 3.8) is 0 Å². The van der Waals surface area contributed by atoms with Gasteiger partial charge in [-0.25, -0.2) is 4.98 Å². The highest BCUT2D eigenvalue weighted by atomic mass is 16.4. The zero-order valence-corrected chi connectivity index (χ0v) is 10.00. The van der Waals surface area contributed by atoms with E-state index in [-0.39, 0.29) is 0 Å². The van der Waals surface area contributed by atoms with Crippen molar-refractivity contribution < 1.29 is 9.52 Å². The summed E-state index contributed by atoms with van der Waals surface area (Å²) in [6.07, 6.45) is 0. The van der Waals surface area contributed by atoms with Gasteiger partial charge in [0.05, 0.1) is 0 Å². The number of hydrogen-bond donors (Lipinski definition) is 1. The lowest BCUT2D eigenvalue weighted by atomic mass is 9.96. The second-order valence-electron chi connectivity index (χ2n) is 4.42. The minimum absolute atomic E-state index is 0.315. The summed E-state index contributed by atoms with van der Waals surface area (Å²) < 4.78 is 5.63. The number of oxazole rings is 1. The lowest BCUT2D eigenvalue weighted by Crippen LogP contribution is -2.22. The quantitative estimate of drug-likeness (QED) is 0.747.